The molecule has 2 aromatic carbocycles. The van der Waals surface area contributed by atoms with Crippen LogP contribution in [0.1, 0.15) is 5.56 Å². The molecule has 0 amide bonds. The van der Waals surface area contributed by atoms with E-state index in [0.29, 0.717) is 9.92 Å². The molecule has 0 aliphatic rings. The van der Waals surface area contributed by atoms with Gasteiger partial charge in [0.25, 0.3) is 0 Å². The minimum absolute atomic E-state index is 0.0730. The third kappa shape index (κ3) is 4.27. The molecule has 1 atom stereocenters. The van der Waals surface area contributed by atoms with Crippen LogP contribution in [0.2, 0.25) is 5.02 Å². The molecule has 0 aliphatic heterocycles. The average molecular weight is 331 g/mol. The molecule has 0 aromatic heterocycles. The van der Waals surface area contributed by atoms with Gasteiger partial charge in [-0.1, -0.05) is 41.9 Å². The van der Waals surface area contributed by atoms with Crippen molar-refractivity contribution < 1.29 is 17.7 Å². The van der Waals surface area contributed by atoms with Gasteiger partial charge in [-0.3, -0.25) is 0 Å². The second-order valence-electron chi connectivity index (χ2n) is 4.15. The first kappa shape index (κ1) is 15.9. The number of allylic oxidation sites excluding steroid dienone is 1. The van der Waals surface area contributed by atoms with Crippen molar-refractivity contribution in [3.8, 4) is 0 Å². The van der Waals surface area contributed by atoms with Crippen LogP contribution in [0.4, 0.5) is 13.2 Å². The molecule has 0 spiro atoms. The quantitative estimate of drug-likeness (QED) is 0.722. The van der Waals surface area contributed by atoms with Gasteiger partial charge in [-0.25, -0.2) is 0 Å². The molecular formula is C15H10ClF3OS. The highest BCUT2D eigenvalue weighted by atomic mass is 35.5. The minimum Gasteiger partial charge on any atom is -0.607 e. The molecule has 1 unspecified atom stereocenters. The standard InChI is InChI=1S/C15H10ClF3OS/c16-12-8-6-11(7-9-12)14(15(17,18)19)10-21(20)13-4-2-1-3-5-13/h1-10H/b14-10-. The highest BCUT2D eigenvalue weighted by molar-refractivity contribution is 7.94. The van der Waals surface area contributed by atoms with Gasteiger partial charge in [0, 0.05) is 16.2 Å². The van der Waals surface area contributed by atoms with Gasteiger partial charge >= 0.3 is 6.18 Å². The molecule has 0 heterocycles. The molecular weight excluding hydrogens is 321 g/mol. The summed E-state index contributed by atoms with van der Waals surface area (Å²) in [6.07, 6.45) is -4.60. The van der Waals surface area contributed by atoms with Crippen molar-refractivity contribution in [1.82, 2.24) is 0 Å². The maximum absolute atomic E-state index is 13.1. The average Bonchev–Trinajstić information content (AvgIpc) is 2.45. The summed E-state index contributed by atoms with van der Waals surface area (Å²) >= 11 is 3.79. The number of halogens is 4. The Bertz CT molecular complexity index is 624. The van der Waals surface area contributed by atoms with Crippen LogP contribution >= 0.6 is 11.6 Å². The van der Waals surface area contributed by atoms with E-state index in [1.54, 1.807) is 18.2 Å². The Labute approximate surface area is 128 Å². The third-order valence-electron chi connectivity index (χ3n) is 2.66. The summed E-state index contributed by atoms with van der Waals surface area (Å²) in [7, 11) is 0. The monoisotopic (exact) mass is 330 g/mol. The van der Waals surface area contributed by atoms with Crippen LogP contribution < -0.4 is 0 Å². The summed E-state index contributed by atoms with van der Waals surface area (Å²) < 4.78 is 51.5. The normalized spacial score (nSPS) is 14.0. The lowest BCUT2D eigenvalue weighted by molar-refractivity contribution is -0.0688. The van der Waals surface area contributed by atoms with Crippen molar-refractivity contribution in [2.45, 2.75) is 11.1 Å². The zero-order valence-corrected chi connectivity index (χ0v) is 12.2. The lowest BCUT2D eigenvalue weighted by Gasteiger charge is -2.13. The van der Waals surface area contributed by atoms with Crippen molar-refractivity contribution in [2.24, 2.45) is 0 Å². The Morgan fingerprint density at radius 3 is 2.10 bits per heavy atom. The Balaban J connectivity index is 2.41. The molecule has 21 heavy (non-hydrogen) atoms. The van der Waals surface area contributed by atoms with Crippen LogP contribution in [0.15, 0.2) is 64.9 Å². The summed E-state index contributed by atoms with van der Waals surface area (Å²) in [6.45, 7) is 0. The largest absolute Gasteiger partial charge is 0.607 e. The van der Waals surface area contributed by atoms with Gasteiger partial charge in [-0.15, -0.1) is 0 Å². The van der Waals surface area contributed by atoms with Crippen LogP contribution in [0, 0.1) is 0 Å². The lowest BCUT2D eigenvalue weighted by Crippen LogP contribution is -2.13. The van der Waals surface area contributed by atoms with Crippen LogP contribution in [-0.2, 0) is 11.2 Å². The Morgan fingerprint density at radius 2 is 1.57 bits per heavy atom. The molecule has 0 saturated heterocycles. The summed E-state index contributed by atoms with van der Waals surface area (Å²) in [4.78, 5) is 0.313. The molecule has 0 radical (unpaired) electrons. The van der Waals surface area contributed by atoms with E-state index >= 15 is 0 Å². The summed E-state index contributed by atoms with van der Waals surface area (Å²) in [5.41, 5.74) is -1.02. The number of alkyl halides is 3. The summed E-state index contributed by atoms with van der Waals surface area (Å²) in [5, 5.41) is 1.06. The van der Waals surface area contributed by atoms with E-state index in [-0.39, 0.29) is 5.56 Å². The first-order valence-electron chi connectivity index (χ1n) is 5.88. The molecule has 0 N–H and O–H groups in total. The predicted octanol–water partition coefficient (Wildman–Crippen LogP) is 5.05. The topological polar surface area (TPSA) is 23.1 Å². The Hall–Kier alpha value is -1.43. The predicted molar refractivity (Wildman–Crippen MR) is 78.3 cm³/mol. The van der Waals surface area contributed by atoms with Crippen molar-refractivity contribution in [2.75, 3.05) is 0 Å². The molecule has 2 aromatic rings. The SMILES string of the molecule is [O-][S+](/C=C(/c1ccc(Cl)cc1)C(F)(F)F)c1ccccc1. The van der Waals surface area contributed by atoms with Gasteiger partial charge in [0.2, 0.25) is 0 Å². The van der Waals surface area contributed by atoms with Crippen molar-refractivity contribution in [3.05, 3.63) is 70.6 Å². The second kappa shape index (κ2) is 6.56. The van der Waals surface area contributed by atoms with E-state index in [2.05, 4.69) is 0 Å². The summed E-state index contributed by atoms with van der Waals surface area (Å²) in [5.74, 6) is 0. The van der Waals surface area contributed by atoms with Crippen LogP contribution in [-0.4, -0.2) is 10.7 Å². The van der Waals surface area contributed by atoms with Gasteiger partial charge in [0.05, 0.1) is 0 Å². The summed E-state index contributed by atoms with van der Waals surface area (Å²) in [6, 6.07) is 13.2. The van der Waals surface area contributed by atoms with E-state index in [4.69, 9.17) is 11.6 Å². The van der Waals surface area contributed by atoms with Crippen molar-refractivity contribution in [1.29, 1.82) is 0 Å². The first-order valence-corrected chi connectivity index (χ1v) is 7.47. The fourth-order valence-electron chi connectivity index (χ4n) is 1.66. The van der Waals surface area contributed by atoms with Gasteiger partial charge in [-0.2, -0.15) is 13.2 Å². The third-order valence-corrected chi connectivity index (χ3v) is 4.10. The zero-order chi connectivity index (χ0) is 15.5. The molecule has 0 fully saturated rings. The molecule has 6 heteroatoms. The maximum Gasteiger partial charge on any atom is 0.421 e. The van der Waals surface area contributed by atoms with Gasteiger partial charge in [0.15, 0.2) is 4.90 Å². The van der Waals surface area contributed by atoms with Gasteiger partial charge in [0.1, 0.15) is 11.0 Å². The molecule has 110 valence electrons. The molecule has 0 aliphatic carbocycles. The fraction of sp³-hybridized carbons (Fsp3) is 0.0667. The van der Waals surface area contributed by atoms with Crippen LogP contribution in [0.25, 0.3) is 5.57 Å². The second-order valence-corrected chi connectivity index (χ2v) is 5.89. The highest BCUT2D eigenvalue weighted by Gasteiger charge is 2.37. The molecule has 0 bridgehead atoms. The molecule has 2 rings (SSSR count). The van der Waals surface area contributed by atoms with Crippen molar-refractivity contribution >= 4 is 28.3 Å². The minimum atomic E-state index is -4.60. The van der Waals surface area contributed by atoms with E-state index in [0.717, 1.165) is 5.41 Å². The number of benzene rings is 2. The van der Waals surface area contributed by atoms with E-state index in [1.165, 1.54) is 36.4 Å². The molecule has 0 saturated carbocycles. The van der Waals surface area contributed by atoms with Gasteiger partial charge in [-0.05, 0) is 29.8 Å². The Kier molecular flexibility index (Phi) is 4.98. The number of hydrogen-bond donors (Lipinski definition) is 0. The smallest absolute Gasteiger partial charge is 0.421 e. The maximum atomic E-state index is 13.1. The van der Waals surface area contributed by atoms with E-state index in [9.17, 15) is 17.7 Å². The van der Waals surface area contributed by atoms with Crippen molar-refractivity contribution in [3.63, 3.8) is 0 Å². The highest BCUT2D eigenvalue weighted by Crippen LogP contribution is 2.35. The zero-order valence-electron chi connectivity index (χ0n) is 10.6. The molecule has 1 nitrogen and oxygen atoms in total. The Morgan fingerprint density at radius 1 is 1.00 bits per heavy atom. The number of rotatable bonds is 3. The number of hydrogen-bond acceptors (Lipinski definition) is 1. The fourth-order valence-corrected chi connectivity index (χ4v) is 2.83. The van der Waals surface area contributed by atoms with Crippen LogP contribution in [0.3, 0.4) is 0 Å². The van der Waals surface area contributed by atoms with Gasteiger partial charge < -0.3 is 4.55 Å². The van der Waals surface area contributed by atoms with E-state index in [1.807, 2.05) is 0 Å². The lowest BCUT2D eigenvalue weighted by atomic mass is 10.1. The van der Waals surface area contributed by atoms with Crippen LogP contribution in [0.5, 0.6) is 0 Å². The first-order chi connectivity index (χ1) is 9.88. The van der Waals surface area contributed by atoms with E-state index < -0.39 is 22.9 Å².